The molecule has 0 spiro atoms. The molecule has 0 unspecified atom stereocenters. The van der Waals surface area contributed by atoms with Crippen LogP contribution < -0.4 is 10.6 Å². The van der Waals surface area contributed by atoms with E-state index in [0.717, 1.165) is 33.7 Å². The van der Waals surface area contributed by atoms with Crippen LogP contribution >= 0.6 is 0 Å². The topological polar surface area (TPSA) is 59.0 Å². The van der Waals surface area contributed by atoms with Crippen molar-refractivity contribution >= 4 is 22.8 Å². The summed E-state index contributed by atoms with van der Waals surface area (Å²) in [5, 5.41) is 5.79. The monoisotopic (exact) mass is 370 g/mol. The lowest BCUT2D eigenvalue weighted by Gasteiger charge is -2.11. The number of nitrogens with zero attached hydrogens (tertiary/aromatic N) is 2. The molecule has 0 aliphatic heterocycles. The molecule has 4 rings (SSSR count). The van der Waals surface area contributed by atoms with Crippen LogP contribution in [-0.2, 0) is 6.54 Å². The molecule has 2 amide bonds. The number of para-hydroxylation sites is 2. The van der Waals surface area contributed by atoms with Gasteiger partial charge in [-0.05, 0) is 31.2 Å². The zero-order chi connectivity index (χ0) is 19.3. The van der Waals surface area contributed by atoms with E-state index in [0.29, 0.717) is 13.1 Å². The number of carbonyl (C=O) groups is 1. The Hall–Kier alpha value is -3.60. The predicted octanol–water partition coefficient (Wildman–Crippen LogP) is 4.83. The number of urea groups is 1. The average Bonchev–Trinajstić information content (AvgIpc) is 3.09. The van der Waals surface area contributed by atoms with Crippen LogP contribution in [0.4, 0.5) is 10.5 Å². The number of carbonyl (C=O) groups excluding carboxylic acids is 1. The van der Waals surface area contributed by atoms with E-state index in [9.17, 15) is 4.79 Å². The minimum atomic E-state index is -0.213. The first-order chi connectivity index (χ1) is 13.7. The minimum absolute atomic E-state index is 0.213. The average molecular weight is 370 g/mol. The van der Waals surface area contributed by atoms with Crippen molar-refractivity contribution in [2.24, 2.45) is 0 Å². The number of anilines is 1. The van der Waals surface area contributed by atoms with E-state index in [-0.39, 0.29) is 6.03 Å². The number of imidazole rings is 1. The van der Waals surface area contributed by atoms with E-state index in [4.69, 9.17) is 4.98 Å². The Bertz CT molecular complexity index is 1080. The second-order valence-electron chi connectivity index (χ2n) is 6.69. The summed E-state index contributed by atoms with van der Waals surface area (Å²) in [5.41, 5.74) is 5.00. The van der Waals surface area contributed by atoms with Crippen LogP contribution in [0.3, 0.4) is 0 Å². The number of hydrogen-bond acceptors (Lipinski definition) is 2. The molecule has 5 heteroatoms. The van der Waals surface area contributed by atoms with Crippen molar-refractivity contribution in [3.8, 4) is 11.4 Å². The van der Waals surface area contributed by atoms with E-state index < -0.39 is 0 Å². The highest BCUT2D eigenvalue weighted by Gasteiger charge is 2.12. The molecule has 0 atom stereocenters. The molecule has 0 saturated heterocycles. The van der Waals surface area contributed by atoms with Crippen molar-refractivity contribution in [2.75, 3.05) is 11.9 Å². The number of aromatic nitrogens is 2. The Morgan fingerprint density at radius 1 is 0.929 bits per heavy atom. The standard InChI is InChI=1S/C23H22N4O/c1-17-11-13-19(14-12-17)25-23(28)24-15-16-27-21-10-6-5-9-20(21)26-22(27)18-7-3-2-4-8-18/h2-14H,15-16H2,1H3,(H2,24,25,28). The highest BCUT2D eigenvalue weighted by atomic mass is 16.2. The van der Waals surface area contributed by atoms with Crippen LogP contribution in [0.15, 0.2) is 78.9 Å². The number of amides is 2. The van der Waals surface area contributed by atoms with Crippen molar-refractivity contribution in [1.82, 2.24) is 14.9 Å². The van der Waals surface area contributed by atoms with Gasteiger partial charge in [0.2, 0.25) is 0 Å². The smallest absolute Gasteiger partial charge is 0.319 e. The van der Waals surface area contributed by atoms with E-state index in [1.807, 2.05) is 67.6 Å². The van der Waals surface area contributed by atoms with Gasteiger partial charge in [-0.3, -0.25) is 0 Å². The molecule has 3 aromatic carbocycles. The maximum absolute atomic E-state index is 12.2. The fourth-order valence-corrected chi connectivity index (χ4v) is 3.20. The van der Waals surface area contributed by atoms with Crippen LogP contribution in [0.5, 0.6) is 0 Å². The molecule has 140 valence electrons. The number of benzene rings is 3. The number of fused-ring (bicyclic) bond motifs is 1. The summed E-state index contributed by atoms with van der Waals surface area (Å²) in [6.45, 7) is 3.15. The van der Waals surface area contributed by atoms with Crippen molar-refractivity contribution in [2.45, 2.75) is 13.5 Å². The first-order valence-electron chi connectivity index (χ1n) is 9.33. The molecule has 2 N–H and O–H groups in total. The molecular formula is C23H22N4O. The zero-order valence-electron chi connectivity index (χ0n) is 15.7. The highest BCUT2D eigenvalue weighted by Crippen LogP contribution is 2.24. The third kappa shape index (κ3) is 3.88. The van der Waals surface area contributed by atoms with Gasteiger partial charge in [-0.2, -0.15) is 0 Å². The molecule has 0 aliphatic carbocycles. The number of aryl methyl sites for hydroxylation is 1. The normalized spacial score (nSPS) is 10.8. The molecule has 0 bridgehead atoms. The largest absolute Gasteiger partial charge is 0.336 e. The fraction of sp³-hybridized carbons (Fsp3) is 0.130. The van der Waals surface area contributed by atoms with Gasteiger partial charge >= 0.3 is 6.03 Å². The second kappa shape index (κ2) is 7.96. The SMILES string of the molecule is Cc1ccc(NC(=O)NCCn2c(-c3ccccc3)nc3ccccc32)cc1. The number of hydrogen-bond donors (Lipinski definition) is 2. The van der Waals surface area contributed by atoms with Crippen molar-refractivity contribution < 1.29 is 4.79 Å². The molecule has 0 aliphatic rings. The van der Waals surface area contributed by atoms with Crippen LogP contribution in [0.25, 0.3) is 22.4 Å². The molecule has 1 aromatic heterocycles. The number of rotatable bonds is 5. The Balaban J connectivity index is 1.48. The molecule has 0 fully saturated rings. The Morgan fingerprint density at radius 2 is 1.64 bits per heavy atom. The quantitative estimate of drug-likeness (QED) is 0.528. The van der Waals surface area contributed by atoms with E-state index >= 15 is 0 Å². The molecule has 28 heavy (non-hydrogen) atoms. The van der Waals surface area contributed by atoms with Gasteiger partial charge in [-0.15, -0.1) is 0 Å². The van der Waals surface area contributed by atoms with Crippen LogP contribution in [0, 0.1) is 6.92 Å². The third-order valence-electron chi connectivity index (χ3n) is 4.62. The van der Waals surface area contributed by atoms with Gasteiger partial charge in [-0.25, -0.2) is 9.78 Å². The van der Waals surface area contributed by atoms with Crippen molar-refractivity contribution in [3.63, 3.8) is 0 Å². The molecule has 4 aromatic rings. The first-order valence-corrected chi connectivity index (χ1v) is 9.33. The van der Waals surface area contributed by atoms with Gasteiger partial charge in [0, 0.05) is 24.3 Å². The Kier molecular flexibility index (Phi) is 5.06. The highest BCUT2D eigenvalue weighted by molar-refractivity contribution is 5.89. The van der Waals surface area contributed by atoms with Crippen LogP contribution in [-0.4, -0.2) is 22.1 Å². The van der Waals surface area contributed by atoms with Crippen molar-refractivity contribution in [3.05, 3.63) is 84.4 Å². The molecule has 0 radical (unpaired) electrons. The Labute approximate surface area is 164 Å². The van der Waals surface area contributed by atoms with Gasteiger partial charge in [0.15, 0.2) is 0 Å². The third-order valence-corrected chi connectivity index (χ3v) is 4.62. The summed E-state index contributed by atoms with van der Waals surface area (Å²) < 4.78 is 2.15. The van der Waals surface area contributed by atoms with Gasteiger partial charge in [0.05, 0.1) is 11.0 Å². The summed E-state index contributed by atoms with van der Waals surface area (Å²) in [7, 11) is 0. The zero-order valence-corrected chi connectivity index (χ0v) is 15.7. The lowest BCUT2D eigenvalue weighted by atomic mass is 10.2. The summed E-state index contributed by atoms with van der Waals surface area (Å²) in [6.07, 6.45) is 0. The van der Waals surface area contributed by atoms with E-state index in [1.165, 1.54) is 0 Å². The summed E-state index contributed by atoms with van der Waals surface area (Å²) in [5.74, 6) is 0.905. The molecular weight excluding hydrogens is 348 g/mol. The van der Waals surface area contributed by atoms with E-state index in [2.05, 4.69) is 33.4 Å². The maximum Gasteiger partial charge on any atom is 0.319 e. The summed E-state index contributed by atoms with van der Waals surface area (Å²) in [4.78, 5) is 17.0. The maximum atomic E-state index is 12.2. The second-order valence-corrected chi connectivity index (χ2v) is 6.69. The van der Waals surface area contributed by atoms with Gasteiger partial charge in [0.25, 0.3) is 0 Å². The van der Waals surface area contributed by atoms with Gasteiger partial charge in [-0.1, -0.05) is 60.2 Å². The molecule has 1 heterocycles. The van der Waals surface area contributed by atoms with Crippen molar-refractivity contribution in [1.29, 1.82) is 0 Å². The molecule has 5 nitrogen and oxygen atoms in total. The van der Waals surface area contributed by atoms with Gasteiger partial charge < -0.3 is 15.2 Å². The molecule has 0 saturated carbocycles. The van der Waals surface area contributed by atoms with Crippen LogP contribution in [0.2, 0.25) is 0 Å². The number of nitrogens with one attached hydrogen (secondary N) is 2. The van der Waals surface area contributed by atoms with Crippen LogP contribution in [0.1, 0.15) is 5.56 Å². The first kappa shape index (κ1) is 17.8. The lowest BCUT2D eigenvalue weighted by molar-refractivity contribution is 0.251. The van der Waals surface area contributed by atoms with Gasteiger partial charge in [0.1, 0.15) is 5.82 Å². The summed E-state index contributed by atoms with van der Waals surface area (Å²) >= 11 is 0. The summed E-state index contributed by atoms with van der Waals surface area (Å²) in [6, 6.07) is 25.7. The Morgan fingerprint density at radius 3 is 2.43 bits per heavy atom. The fourth-order valence-electron chi connectivity index (χ4n) is 3.20. The lowest BCUT2D eigenvalue weighted by Crippen LogP contribution is -2.31. The van der Waals surface area contributed by atoms with E-state index in [1.54, 1.807) is 0 Å². The minimum Gasteiger partial charge on any atom is -0.336 e. The predicted molar refractivity (Wildman–Crippen MR) is 113 cm³/mol.